The highest BCUT2D eigenvalue weighted by Gasteiger charge is 2.30. The number of carbonyl (C=O) groups excluding carboxylic acids is 1. The van der Waals surface area contributed by atoms with Gasteiger partial charge in [-0.25, -0.2) is 4.79 Å². The first kappa shape index (κ1) is 20.3. The van der Waals surface area contributed by atoms with Gasteiger partial charge in [-0.1, -0.05) is 36.4 Å². The van der Waals surface area contributed by atoms with Crippen molar-refractivity contribution in [3.63, 3.8) is 0 Å². The highest BCUT2D eigenvalue weighted by Crippen LogP contribution is 2.44. The van der Waals surface area contributed by atoms with Crippen molar-refractivity contribution in [1.29, 1.82) is 0 Å². The molecular weight excluding hydrogens is 378 g/mol. The molecule has 0 atom stereocenters. The summed E-state index contributed by atoms with van der Waals surface area (Å²) in [5.74, 6) is 1.61. The standard InChI is InChI=1S/C25H29NO4/c1-25(2,30-24(27)26-14-8-5-9-15-26)17-12-13-20-21(16-17)23(29-4)19-11-7-6-10-18(19)22(20)28-3/h6-7,10-13,16H,5,8-9,14-15H2,1-4H3. The summed E-state index contributed by atoms with van der Waals surface area (Å²) in [5, 5.41) is 3.90. The van der Waals surface area contributed by atoms with E-state index >= 15 is 0 Å². The van der Waals surface area contributed by atoms with Crippen LogP contribution in [0.3, 0.4) is 0 Å². The number of fused-ring (bicyclic) bond motifs is 2. The predicted octanol–water partition coefficient (Wildman–Crippen LogP) is 5.87. The Hall–Kier alpha value is -2.95. The molecule has 1 aliphatic rings. The molecule has 0 spiro atoms. The molecule has 30 heavy (non-hydrogen) atoms. The summed E-state index contributed by atoms with van der Waals surface area (Å²) in [6.07, 6.45) is 3.00. The lowest BCUT2D eigenvalue weighted by Crippen LogP contribution is -2.39. The third-order valence-corrected chi connectivity index (χ3v) is 5.99. The Morgan fingerprint density at radius 3 is 2.00 bits per heavy atom. The van der Waals surface area contributed by atoms with Crippen molar-refractivity contribution < 1.29 is 19.0 Å². The molecule has 0 radical (unpaired) electrons. The first-order valence-corrected chi connectivity index (χ1v) is 10.5. The molecule has 0 N–H and O–H groups in total. The number of benzene rings is 3. The van der Waals surface area contributed by atoms with E-state index in [4.69, 9.17) is 14.2 Å². The second-order valence-corrected chi connectivity index (χ2v) is 8.30. The molecule has 1 fully saturated rings. The van der Waals surface area contributed by atoms with Gasteiger partial charge in [-0.15, -0.1) is 0 Å². The van der Waals surface area contributed by atoms with Crippen LogP contribution in [0.1, 0.15) is 38.7 Å². The second-order valence-electron chi connectivity index (χ2n) is 8.30. The lowest BCUT2D eigenvalue weighted by Gasteiger charge is -2.32. The van der Waals surface area contributed by atoms with Crippen molar-refractivity contribution >= 4 is 27.6 Å². The summed E-state index contributed by atoms with van der Waals surface area (Å²) >= 11 is 0. The van der Waals surface area contributed by atoms with Crippen LogP contribution in [0.2, 0.25) is 0 Å². The first-order chi connectivity index (χ1) is 14.5. The average Bonchev–Trinajstić information content (AvgIpc) is 2.77. The van der Waals surface area contributed by atoms with Crippen LogP contribution in [0.25, 0.3) is 21.5 Å². The van der Waals surface area contributed by atoms with Crippen LogP contribution in [0.4, 0.5) is 4.79 Å². The van der Waals surface area contributed by atoms with E-state index in [1.54, 1.807) is 14.2 Å². The molecule has 3 aromatic rings. The molecule has 5 heteroatoms. The fraction of sp³-hybridized carbons (Fsp3) is 0.400. The van der Waals surface area contributed by atoms with E-state index in [0.29, 0.717) is 0 Å². The molecule has 1 heterocycles. The van der Waals surface area contributed by atoms with Crippen LogP contribution in [-0.2, 0) is 10.3 Å². The van der Waals surface area contributed by atoms with E-state index in [0.717, 1.165) is 64.5 Å². The maximum Gasteiger partial charge on any atom is 0.410 e. The minimum atomic E-state index is -0.771. The van der Waals surface area contributed by atoms with Gasteiger partial charge in [0, 0.05) is 34.6 Å². The van der Waals surface area contributed by atoms with Gasteiger partial charge in [0.05, 0.1) is 14.2 Å². The monoisotopic (exact) mass is 407 g/mol. The zero-order valence-electron chi connectivity index (χ0n) is 18.2. The zero-order chi connectivity index (χ0) is 21.3. The van der Waals surface area contributed by atoms with Crippen LogP contribution >= 0.6 is 0 Å². The van der Waals surface area contributed by atoms with Gasteiger partial charge >= 0.3 is 6.09 Å². The van der Waals surface area contributed by atoms with Crippen LogP contribution in [-0.4, -0.2) is 38.3 Å². The van der Waals surface area contributed by atoms with Gasteiger partial charge in [0.15, 0.2) is 0 Å². The largest absolute Gasteiger partial charge is 0.495 e. The lowest BCUT2D eigenvalue weighted by molar-refractivity contribution is 0.00788. The Bertz CT molecular complexity index is 1080. The number of hydrogen-bond acceptors (Lipinski definition) is 4. The number of hydrogen-bond donors (Lipinski definition) is 0. The van der Waals surface area contributed by atoms with Crippen molar-refractivity contribution in [2.24, 2.45) is 0 Å². The Balaban J connectivity index is 1.78. The molecule has 4 rings (SSSR count). The molecule has 158 valence electrons. The van der Waals surface area contributed by atoms with Crippen LogP contribution in [0.5, 0.6) is 11.5 Å². The van der Waals surface area contributed by atoms with Gasteiger partial charge in [0.2, 0.25) is 0 Å². The number of ether oxygens (including phenoxy) is 3. The van der Waals surface area contributed by atoms with Gasteiger partial charge in [-0.2, -0.15) is 0 Å². The quantitative estimate of drug-likeness (QED) is 0.508. The number of piperidine rings is 1. The Labute approximate surface area is 177 Å². The second kappa shape index (κ2) is 8.05. The highest BCUT2D eigenvalue weighted by molar-refractivity contribution is 6.11. The molecule has 0 bridgehead atoms. The van der Waals surface area contributed by atoms with Gasteiger partial charge in [0.25, 0.3) is 0 Å². The van der Waals surface area contributed by atoms with Crippen molar-refractivity contribution in [3.8, 4) is 11.5 Å². The Morgan fingerprint density at radius 1 is 0.833 bits per heavy atom. The van der Waals surface area contributed by atoms with E-state index in [1.807, 2.05) is 61.2 Å². The summed E-state index contributed by atoms with van der Waals surface area (Å²) in [6.45, 7) is 5.40. The third kappa shape index (κ3) is 3.53. The molecule has 1 saturated heterocycles. The molecule has 1 amide bonds. The van der Waals surface area contributed by atoms with E-state index in [1.165, 1.54) is 6.42 Å². The number of likely N-dealkylation sites (tertiary alicyclic amines) is 1. The number of methoxy groups -OCH3 is 2. The molecular formula is C25H29NO4. The van der Waals surface area contributed by atoms with Crippen molar-refractivity contribution in [1.82, 2.24) is 4.90 Å². The first-order valence-electron chi connectivity index (χ1n) is 10.5. The lowest BCUT2D eigenvalue weighted by atomic mass is 9.92. The van der Waals surface area contributed by atoms with Crippen molar-refractivity contribution in [2.45, 2.75) is 38.7 Å². The van der Waals surface area contributed by atoms with Crippen molar-refractivity contribution in [3.05, 3.63) is 48.0 Å². The van der Waals surface area contributed by atoms with Crippen LogP contribution in [0, 0.1) is 0 Å². The summed E-state index contributed by atoms with van der Waals surface area (Å²) in [4.78, 5) is 14.5. The maximum atomic E-state index is 12.7. The molecule has 0 saturated carbocycles. The summed E-state index contributed by atoms with van der Waals surface area (Å²) in [7, 11) is 3.37. The average molecular weight is 408 g/mol. The Morgan fingerprint density at radius 2 is 1.40 bits per heavy atom. The van der Waals surface area contributed by atoms with Gasteiger partial charge in [-0.3, -0.25) is 0 Å². The molecule has 5 nitrogen and oxygen atoms in total. The fourth-order valence-electron chi connectivity index (χ4n) is 4.33. The number of nitrogens with zero attached hydrogens (tertiary/aromatic N) is 1. The fourth-order valence-corrected chi connectivity index (χ4v) is 4.33. The SMILES string of the molecule is COc1c2ccccc2c(OC)c2cc(C(C)(C)OC(=O)N3CCCCC3)ccc12. The molecule has 0 unspecified atom stereocenters. The van der Waals surface area contributed by atoms with Gasteiger partial charge < -0.3 is 19.1 Å². The van der Waals surface area contributed by atoms with E-state index in [2.05, 4.69) is 0 Å². The number of carbonyl (C=O) groups is 1. The normalized spacial score (nSPS) is 14.7. The minimum Gasteiger partial charge on any atom is -0.495 e. The smallest absolute Gasteiger partial charge is 0.410 e. The topological polar surface area (TPSA) is 48.0 Å². The Kier molecular flexibility index (Phi) is 5.46. The maximum absolute atomic E-state index is 12.7. The molecule has 1 aliphatic heterocycles. The third-order valence-electron chi connectivity index (χ3n) is 5.99. The summed E-state index contributed by atoms with van der Waals surface area (Å²) in [5.41, 5.74) is 0.142. The predicted molar refractivity (Wildman–Crippen MR) is 119 cm³/mol. The minimum absolute atomic E-state index is 0.247. The highest BCUT2D eigenvalue weighted by atomic mass is 16.6. The van der Waals surface area contributed by atoms with Crippen LogP contribution < -0.4 is 9.47 Å². The zero-order valence-corrected chi connectivity index (χ0v) is 18.2. The summed E-state index contributed by atoms with van der Waals surface area (Å²) in [6, 6.07) is 14.1. The molecule has 0 aromatic heterocycles. The number of amides is 1. The van der Waals surface area contributed by atoms with E-state index in [9.17, 15) is 4.79 Å². The molecule has 3 aromatic carbocycles. The van der Waals surface area contributed by atoms with Gasteiger partial charge in [-0.05, 0) is 44.7 Å². The van der Waals surface area contributed by atoms with Crippen LogP contribution in [0.15, 0.2) is 42.5 Å². The van der Waals surface area contributed by atoms with Gasteiger partial charge in [0.1, 0.15) is 17.1 Å². The van der Waals surface area contributed by atoms with E-state index in [-0.39, 0.29) is 6.09 Å². The van der Waals surface area contributed by atoms with Crippen molar-refractivity contribution in [2.75, 3.05) is 27.3 Å². The molecule has 0 aliphatic carbocycles. The summed E-state index contributed by atoms with van der Waals surface area (Å²) < 4.78 is 17.5. The van der Waals surface area contributed by atoms with E-state index < -0.39 is 5.60 Å². The number of rotatable bonds is 4.